The number of nitrogens with zero attached hydrogens (tertiary/aromatic N) is 2. The van der Waals surface area contributed by atoms with Gasteiger partial charge in [0.25, 0.3) is 5.88 Å². The van der Waals surface area contributed by atoms with E-state index in [1.54, 1.807) is 12.1 Å². The average Bonchev–Trinajstić information content (AvgIpc) is 3.20. The first-order valence-electron chi connectivity index (χ1n) is 9.94. The summed E-state index contributed by atoms with van der Waals surface area (Å²) in [5, 5.41) is 3.35. The molecule has 9 heteroatoms. The molecular weight excluding hydrogens is 425 g/mol. The molecule has 0 radical (unpaired) electrons. The largest absolute Gasteiger partial charge is 0.491 e. The predicted molar refractivity (Wildman–Crippen MR) is 113 cm³/mol. The summed E-state index contributed by atoms with van der Waals surface area (Å²) < 4.78 is 51.7. The Bertz CT molecular complexity index is 1050. The molecule has 0 unspecified atom stereocenters. The van der Waals surface area contributed by atoms with E-state index in [1.165, 1.54) is 0 Å². The molecule has 0 saturated heterocycles. The predicted octanol–water partition coefficient (Wildman–Crippen LogP) is 5.28. The number of aromatic nitrogens is 1. The number of alkyl halides is 3. The van der Waals surface area contributed by atoms with Gasteiger partial charge in [-0.15, -0.1) is 0 Å². The van der Waals surface area contributed by atoms with Crippen molar-refractivity contribution in [2.45, 2.75) is 32.5 Å². The second kappa shape index (κ2) is 9.76. The normalized spacial score (nSPS) is 11.5. The zero-order chi connectivity index (χ0) is 23.3. The van der Waals surface area contributed by atoms with Gasteiger partial charge in [0, 0.05) is 30.9 Å². The summed E-state index contributed by atoms with van der Waals surface area (Å²) in [7, 11) is 2.00. The van der Waals surface area contributed by atoms with Crippen LogP contribution in [-0.2, 0) is 11.2 Å². The second-order valence-corrected chi connectivity index (χ2v) is 7.45. The van der Waals surface area contributed by atoms with Crippen molar-refractivity contribution in [2.75, 3.05) is 18.5 Å². The fourth-order valence-corrected chi connectivity index (χ4v) is 2.92. The number of hydrogen-bond acceptors (Lipinski definition) is 6. The van der Waals surface area contributed by atoms with Crippen LogP contribution in [0, 0.1) is 0 Å². The van der Waals surface area contributed by atoms with Crippen molar-refractivity contribution in [3.05, 3.63) is 60.2 Å². The fraction of sp³-hybridized carbons (Fsp3) is 0.304. The van der Waals surface area contributed by atoms with Crippen LogP contribution in [0.25, 0.3) is 11.3 Å². The van der Waals surface area contributed by atoms with Gasteiger partial charge in [-0.2, -0.15) is 13.2 Å². The van der Waals surface area contributed by atoms with Crippen LogP contribution in [0.5, 0.6) is 11.6 Å². The Morgan fingerprint density at radius 3 is 2.50 bits per heavy atom. The van der Waals surface area contributed by atoms with E-state index in [2.05, 4.69) is 14.8 Å². The third kappa shape index (κ3) is 6.26. The minimum Gasteiger partial charge on any atom is -0.491 e. The number of benzene rings is 2. The zero-order valence-corrected chi connectivity index (χ0v) is 17.8. The molecule has 0 fully saturated rings. The molecule has 0 amide bonds. The summed E-state index contributed by atoms with van der Waals surface area (Å²) in [6, 6.07) is 16.4. The molecule has 3 aromatic rings. The second-order valence-electron chi connectivity index (χ2n) is 7.45. The number of anilines is 1. The molecular formula is C23H23F3N2O4. The van der Waals surface area contributed by atoms with Crippen molar-refractivity contribution in [3.8, 4) is 23.0 Å². The van der Waals surface area contributed by atoms with E-state index in [0.717, 1.165) is 36.0 Å². The maximum absolute atomic E-state index is 12.3. The third-order valence-electron chi connectivity index (χ3n) is 4.52. The Morgan fingerprint density at radius 1 is 1.12 bits per heavy atom. The fourth-order valence-electron chi connectivity index (χ4n) is 2.92. The van der Waals surface area contributed by atoms with E-state index in [-0.39, 0.29) is 11.9 Å². The lowest BCUT2D eigenvalue weighted by Gasteiger charge is -2.20. The average molecular weight is 448 g/mol. The lowest BCUT2D eigenvalue weighted by Crippen LogP contribution is -2.28. The quantitative estimate of drug-likeness (QED) is 0.437. The highest BCUT2D eigenvalue weighted by Gasteiger charge is 2.42. The van der Waals surface area contributed by atoms with Gasteiger partial charge in [-0.1, -0.05) is 30.3 Å². The molecule has 0 atom stereocenters. The van der Waals surface area contributed by atoms with Crippen molar-refractivity contribution in [1.29, 1.82) is 0 Å². The van der Waals surface area contributed by atoms with Gasteiger partial charge >= 0.3 is 12.1 Å². The third-order valence-corrected chi connectivity index (χ3v) is 4.52. The van der Waals surface area contributed by atoms with Crippen LogP contribution >= 0.6 is 0 Å². The van der Waals surface area contributed by atoms with Gasteiger partial charge in [0.2, 0.25) is 0 Å². The molecule has 170 valence electrons. The molecule has 0 aliphatic heterocycles. The number of ether oxygens (including phenoxy) is 2. The van der Waals surface area contributed by atoms with Gasteiger partial charge < -0.3 is 18.9 Å². The number of halogens is 3. The summed E-state index contributed by atoms with van der Waals surface area (Å²) in [5.41, 5.74) is 2.71. The first kappa shape index (κ1) is 23.2. The molecule has 0 saturated carbocycles. The molecule has 32 heavy (non-hydrogen) atoms. The number of hydrogen-bond donors (Lipinski definition) is 0. The zero-order valence-electron chi connectivity index (χ0n) is 17.8. The number of carbonyl (C=O) groups is 1. The summed E-state index contributed by atoms with van der Waals surface area (Å²) in [6.07, 6.45) is -4.22. The van der Waals surface area contributed by atoms with E-state index in [0.29, 0.717) is 5.56 Å². The van der Waals surface area contributed by atoms with Crippen LogP contribution in [0.4, 0.5) is 18.9 Å². The number of likely N-dealkylation sites (N-methyl/N-ethyl adjacent to an activating group) is 1. The molecule has 0 N–H and O–H groups in total. The van der Waals surface area contributed by atoms with Crippen molar-refractivity contribution in [3.63, 3.8) is 0 Å². The molecule has 0 aliphatic carbocycles. The van der Waals surface area contributed by atoms with E-state index >= 15 is 0 Å². The minimum atomic E-state index is -5.10. The van der Waals surface area contributed by atoms with Gasteiger partial charge in [0.1, 0.15) is 5.75 Å². The van der Waals surface area contributed by atoms with E-state index in [1.807, 2.05) is 57.3 Å². The number of esters is 1. The minimum absolute atomic E-state index is 0.103. The molecule has 1 aromatic heterocycles. The van der Waals surface area contributed by atoms with E-state index in [4.69, 9.17) is 9.26 Å². The maximum atomic E-state index is 12.3. The highest BCUT2D eigenvalue weighted by Crippen LogP contribution is 2.26. The Kier molecular flexibility index (Phi) is 7.07. The van der Waals surface area contributed by atoms with Crippen LogP contribution < -0.4 is 14.4 Å². The molecule has 0 spiro atoms. The smallest absolute Gasteiger partial charge is 0.491 e. The van der Waals surface area contributed by atoms with Crippen LogP contribution in [-0.4, -0.2) is 37.0 Å². The molecule has 3 rings (SSSR count). The van der Waals surface area contributed by atoms with Gasteiger partial charge in [0.15, 0.2) is 5.76 Å². The Labute approximate surface area is 183 Å². The highest BCUT2D eigenvalue weighted by atomic mass is 19.4. The molecule has 1 heterocycles. The molecule has 0 bridgehead atoms. The maximum Gasteiger partial charge on any atom is 0.491 e. The SMILES string of the molecule is CC(C)Oc1cccc(N(C)CCc2ccc(-c3cc(OC(=O)C(F)(F)F)no3)cc2)c1. The van der Waals surface area contributed by atoms with Crippen LogP contribution in [0.15, 0.2) is 59.1 Å². The summed E-state index contributed by atoms with van der Waals surface area (Å²) in [6.45, 7) is 4.73. The Hall–Kier alpha value is -3.49. The first-order valence-corrected chi connectivity index (χ1v) is 9.94. The number of rotatable bonds is 8. The lowest BCUT2D eigenvalue weighted by molar-refractivity contribution is -0.190. The lowest BCUT2D eigenvalue weighted by atomic mass is 10.1. The monoisotopic (exact) mass is 448 g/mol. The topological polar surface area (TPSA) is 64.8 Å². The molecule has 2 aromatic carbocycles. The van der Waals surface area contributed by atoms with E-state index < -0.39 is 18.0 Å². The van der Waals surface area contributed by atoms with Gasteiger partial charge in [0.05, 0.1) is 12.2 Å². The van der Waals surface area contributed by atoms with Crippen LogP contribution in [0.2, 0.25) is 0 Å². The molecule has 6 nitrogen and oxygen atoms in total. The highest BCUT2D eigenvalue weighted by molar-refractivity contribution is 5.78. The van der Waals surface area contributed by atoms with Gasteiger partial charge in [-0.3, -0.25) is 0 Å². The molecule has 0 aliphatic rings. The summed E-state index contributed by atoms with van der Waals surface area (Å²) >= 11 is 0. The Balaban J connectivity index is 1.58. The standard InChI is InChI=1S/C23H23F3N2O4/c1-15(2)30-19-6-4-5-18(13-19)28(3)12-11-16-7-9-17(10-8-16)20-14-21(27-32-20)31-22(29)23(24,25)26/h4-10,13-15H,11-12H2,1-3H3. The number of carbonyl (C=O) groups excluding carboxylic acids is 1. The Morgan fingerprint density at radius 2 is 1.84 bits per heavy atom. The van der Waals surface area contributed by atoms with Gasteiger partial charge in [-0.05, 0) is 43.1 Å². The van der Waals surface area contributed by atoms with Crippen molar-refractivity contribution in [2.24, 2.45) is 0 Å². The first-order chi connectivity index (χ1) is 15.1. The van der Waals surface area contributed by atoms with Gasteiger partial charge in [-0.25, -0.2) is 4.79 Å². The van der Waals surface area contributed by atoms with E-state index in [9.17, 15) is 18.0 Å². The van der Waals surface area contributed by atoms with Crippen molar-refractivity contribution in [1.82, 2.24) is 5.16 Å². The van der Waals surface area contributed by atoms with Crippen LogP contribution in [0.1, 0.15) is 19.4 Å². The summed E-state index contributed by atoms with van der Waals surface area (Å²) in [4.78, 5) is 13.0. The summed E-state index contributed by atoms with van der Waals surface area (Å²) in [5.74, 6) is -1.88. The van der Waals surface area contributed by atoms with Crippen molar-refractivity contribution < 1.29 is 32.0 Å². The van der Waals surface area contributed by atoms with Crippen LogP contribution in [0.3, 0.4) is 0 Å². The van der Waals surface area contributed by atoms with Crippen molar-refractivity contribution >= 4 is 11.7 Å².